The van der Waals surface area contributed by atoms with E-state index in [1.165, 1.54) is 32.9 Å². The van der Waals surface area contributed by atoms with E-state index in [9.17, 15) is 22.8 Å². The Hall–Kier alpha value is -3.74. The van der Waals surface area contributed by atoms with Crippen molar-refractivity contribution in [3.8, 4) is 0 Å². The Labute approximate surface area is 228 Å². The van der Waals surface area contributed by atoms with Gasteiger partial charge in [-0.05, 0) is 57.2 Å². The molecular weight excluding hydrogens is 552 g/mol. The van der Waals surface area contributed by atoms with Crippen molar-refractivity contribution in [2.24, 2.45) is 9.98 Å². The number of amides is 1. The first-order valence-corrected chi connectivity index (χ1v) is 13.6. The summed E-state index contributed by atoms with van der Waals surface area (Å²) < 4.78 is 54.8. The summed E-state index contributed by atoms with van der Waals surface area (Å²) in [7, 11) is -3.98. The number of carbonyl (C=O) groups is 1. The predicted molar refractivity (Wildman–Crippen MR) is 143 cm³/mol. The molecule has 204 valence electrons. The molecule has 1 aliphatic heterocycles. The lowest BCUT2D eigenvalue weighted by Crippen LogP contribution is -2.57. The highest BCUT2D eigenvalue weighted by atomic mass is 35.5. The fourth-order valence-electron chi connectivity index (χ4n) is 4.04. The van der Waals surface area contributed by atoms with Crippen molar-refractivity contribution in [2.75, 3.05) is 5.75 Å². The number of aliphatic imine (C=N–C) groups is 2. The Kier molecular flexibility index (Phi) is 7.57. The predicted octanol–water partition coefficient (Wildman–Crippen LogP) is 4.32. The quantitative estimate of drug-likeness (QED) is 0.241. The molecule has 1 unspecified atom stereocenters. The van der Waals surface area contributed by atoms with Crippen LogP contribution in [0.2, 0.25) is 5.02 Å². The molecule has 0 fully saturated rings. The molecule has 13 heteroatoms. The zero-order valence-corrected chi connectivity index (χ0v) is 22.6. The Morgan fingerprint density at radius 3 is 2.41 bits per heavy atom. The molecule has 9 nitrogen and oxygen atoms in total. The minimum absolute atomic E-state index is 0.0278. The molecule has 1 atom stereocenters. The second-order valence-electron chi connectivity index (χ2n) is 9.54. The van der Waals surface area contributed by atoms with Crippen LogP contribution < -0.4 is 10.8 Å². The lowest BCUT2D eigenvalue weighted by atomic mass is 9.92. The summed E-state index contributed by atoms with van der Waals surface area (Å²) in [6, 6.07) is 12.7. The first-order chi connectivity index (χ1) is 18.3. The smallest absolute Gasteiger partial charge is 0.256 e. The van der Waals surface area contributed by atoms with Crippen LogP contribution in [0.4, 0.5) is 14.5 Å². The summed E-state index contributed by atoms with van der Waals surface area (Å²) in [4.78, 5) is 25.3. The Bertz CT molecular complexity index is 1610. The van der Waals surface area contributed by atoms with Crippen LogP contribution in [0.25, 0.3) is 0 Å². The third kappa shape index (κ3) is 5.54. The number of nitrogens with one attached hydrogen (secondary N) is 2. The second kappa shape index (κ2) is 10.4. The summed E-state index contributed by atoms with van der Waals surface area (Å²) in [5, 5.41) is 12.2. The number of rotatable bonds is 4. The number of carbonyl (C=O) groups excluding carboxylic acids is 1. The fraction of sp³-hybridized carbons (Fsp3) is 0.231. The van der Waals surface area contributed by atoms with Crippen LogP contribution in [-0.2, 0) is 15.4 Å². The fourth-order valence-corrected chi connectivity index (χ4v) is 5.90. The highest BCUT2D eigenvalue weighted by molar-refractivity contribution is 7.93. The Balaban J connectivity index is 1.80. The van der Waals surface area contributed by atoms with Gasteiger partial charge in [-0.15, -0.1) is 0 Å². The molecular formula is C26H24ClF2N5O4S. The average molecular weight is 576 g/mol. The summed E-state index contributed by atoms with van der Waals surface area (Å²) in [6.45, 7) is 4.25. The molecule has 1 amide bonds. The molecule has 0 radical (unpaired) electrons. The molecule has 0 aliphatic carbocycles. The second-order valence-corrected chi connectivity index (χ2v) is 12.5. The van der Waals surface area contributed by atoms with E-state index in [2.05, 4.69) is 20.3 Å². The highest BCUT2D eigenvalue weighted by Crippen LogP contribution is 2.39. The van der Waals surface area contributed by atoms with Gasteiger partial charge < -0.3 is 5.32 Å². The number of hydrogen-bond acceptors (Lipinski definition) is 7. The van der Waals surface area contributed by atoms with Crippen molar-refractivity contribution in [2.45, 2.75) is 31.1 Å². The third-order valence-corrected chi connectivity index (χ3v) is 9.25. The van der Waals surface area contributed by atoms with Crippen LogP contribution in [0.5, 0.6) is 0 Å². The number of sulfone groups is 1. The topological polar surface area (TPSA) is 133 Å². The van der Waals surface area contributed by atoms with Crippen molar-refractivity contribution < 1.29 is 27.2 Å². The van der Waals surface area contributed by atoms with E-state index in [0.717, 1.165) is 18.3 Å². The van der Waals surface area contributed by atoms with Crippen LogP contribution >= 0.6 is 11.6 Å². The number of halogens is 3. The van der Waals surface area contributed by atoms with Gasteiger partial charge in [-0.2, -0.15) is 0 Å². The maximum atomic E-state index is 15.2. The van der Waals surface area contributed by atoms with Gasteiger partial charge in [0, 0.05) is 17.3 Å². The number of nitrogens with zero attached hydrogens (tertiary/aromatic N) is 3. The SMILES string of the molecule is CC1(c2cc(N=C(NO)c3ncc(Cl)cc3F)ccc2F)CS(=O)(=O)C(C)(C)C(NC(=O)c2ccccc2)=N1. The van der Waals surface area contributed by atoms with Crippen LogP contribution in [0, 0.1) is 11.6 Å². The minimum atomic E-state index is -3.98. The Morgan fingerprint density at radius 2 is 1.77 bits per heavy atom. The maximum absolute atomic E-state index is 15.2. The molecule has 0 bridgehead atoms. The van der Waals surface area contributed by atoms with Crippen molar-refractivity contribution in [3.63, 3.8) is 0 Å². The van der Waals surface area contributed by atoms with Crippen LogP contribution in [0.15, 0.2) is 70.8 Å². The van der Waals surface area contributed by atoms with Gasteiger partial charge in [0.15, 0.2) is 21.5 Å². The molecule has 4 rings (SSSR count). The van der Waals surface area contributed by atoms with Crippen LogP contribution in [0.1, 0.15) is 42.4 Å². The largest absolute Gasteiger partial charge is 0.309 e. The lowest BCUT2D eigenvalue weighted by Gasteiger charge is -2.39. The van der Waals surface area contributed by atoms with E-state index in [1.54, 1.807) is 35.8 Å². The van der Waals surface area contributed by atoms with Gasteiger partial charge in [-0.1, -0.05) is 29.8 Å². The van der Waals surface area contributed by atoms with Gasteiger partial charge in [0.05, 0.1) is 16.5 Å². The van der Waals surface area contributed by atoms with E-state index in [1.807, 2.05) is 0 Å². The van der Waals surface area contributed by atoms with Crippen molar-refractivity contribution in [1.82, 2.24) is 15.8 Å². The number of aromatic nitrogens is 1. The van der Waals surface area contributed by atoms with Crippen molar-refractivity contribution >= 4 is 44.7 Å². The summed E-state index contributed by atoms with van der Waals surface area (Å²) in [5.41, 5.74) is -0.0857. The van der Waals surface area contributed by atoms with E-state index in [4.69, 9.17) is 11.6 Å². The normalized spacial score (nSPS) is 20.2. The van der Waals surface area contributed by atoms with E-state index in [0.29, 0.717) is 0 Å². The van der Waals surface area contributed by atoms with Crippen LogP contribution in [0.3, 0.4) is 0 Å². The molecule has 1 aliphatic rings. The molecule has 39 heavy (non-hydrogen) atoms. The van der Waals surface area contributed by atoms with Crippen molar-refractivity contribution in [3.05, 3.63) is 94.3 Å². The Morgan fingerprint density at radius 1 is 1.08 bits per heavy atom. The van der Waals surface area contributed by atoms with Gasteiger partial charge in [-0.3, -0.25) is 20.5 Å². The highest BCUT2D eigenvalue weighted by Gasteiger charge is 2.51. The molecule has 0 saturated carbocycles. The number of benzene rings is 2. The molecule has 3 aromatic rings. The molecule has 2 aromatic carbocycles. The molecule has 0 spiro atoms. The minimum Gasteiger partial charge on any atom is -0.309 e. The molecule has 3 N–H and O–H groups in total. The van der Waals surface area contributed by atoms with Gasteiger partial charge in [0.1, 0.15) is 27.6 Å². The number of hydrogen-bond donors (Lipinski definition) is 3. The van der Waals surface area contributed by atoms with Crippen LogP contribution in [-0.4, -0.2) is 46.7 Å². The maximum Gasteiger partial charge on any atom is 0.256 e. The summed E-state index contributed by atoms with van der Waals surface area (Å²) in [6.07, 6.45) is 1.15. The van der Waals surface area contributed by atoms with E-state index >= 15 is 4.39 Å². The third-order valence-electron chi connectivity index (χ3n) is 6.35. The summed E-state index contributed by atoms with van der Waals surface area (Å²) >= 11 is 5.73. The summed E-state index contributed by atoms with van der Waals surface area (Å²) in [5.74, 6) is -3.34. The first-order valence-electron chi connectivity index (χ1n) is 11.6. The van der Waals surface area contributed by atoms with Gasteiger partial charge in [0.2, 0.25) is 0 Å². The van der Waals surface area contributed by atoms with Gasteiger partial charge >= 0.3 is 0 Å². The zero-order valence-electron chi connectivity index (χ0n) is 21.0. The number of hydroxylamine groups is 1. The van der Waals surface area contributed by atoms with E-state index in [-0.39, 0.29) is 33.4 Å². The van der Waals surface area contributed by atoms with Gasteiger partial charge in [0.25, 0.3) is 5.91 Å². The molecule has 2 heterocycles. The average Bonchev–Trinajstić information content (AvgIpc) is 2.87. The number of pyridine rings is 1. The lowest BCUT2D eigenvalue weighted by molar-refractivity contribution is 0.0975. The van der Waals surface area contributed by atoms with Gasteiger partial charge in [-0.25, -0.2) is 27.2 Å². The monoisotopic (exact) mass is 575 g/mol. The molecule has 0 saturated heterocycles. The number of amidine groups is 2. The zero-order chi connectivity index (χ0) is 28.6. The standard InChI is InChI=1S/C26H24ClF2N5O4S/c1-25(2)24(32-23(35)15-7-5-4-6-8-15)33-26(3,14-39(25,37)38)18-12-17(9-10-19(18)28)31-22(34-36)21-20(29)11-16(27)13-30-21/h4-13,36H,14H2,1-3H3,(H,31,34)(H,32,33,35). The van der Waals surface area contributed by atoms with E-state index < -0.39 is 49.3 Å². The first kappa shape index (κ1) is 28.3. The molecule has 1 aromatic heterocycles. The van der Waals surface area contributed by atoms with Crippen molar-refractivity contribution in [1.29, 1.82) is 0 Å².